The van der Waals surface area contributed by atoms with E-state index in [1.807, 2.05) is 47.7 Å². The fourth-order valence-electron chi connectivity index (χ4n) is 7.61. The molecule has 0 unspecified atom stereocenters. The normalized spacial score (nSPS) is 12.3. The Bertz CT molecular complexity index is 2850. The summed E-state index contributed by atoms with van der Waals surface area (Å²) in [7, 11) is 0. The molecule has 0 N–H and O–H groups in total. The van der Waals surface area contributed by atoms with Gasteiger partial charge in [-0.15, -0.1) is 11.3 Å². The van der Waals surface area contributed by atoms with Gasteiger partial charge in [0.05, 0.1) is 11.0 Å². The van der Waals surface area contributed by atoms with E-state index in [2.05, 4.69) is 102 Å². The number of rotatable bonds is 3. The van der Waals surface area contributed by atoms with Crippen LogP contribution in [-0.4, -0.2) is 19.5 Å². The van der Waals surface area contributed by atoms with Crippen molar-refractivity contribution in [2.24, 2.45) is 0 Å². The van der Waals surface area contributed by atoms with E-state index in [0.29, 0.717) is 17.6 Å². The van der Waals surface area contributed by atoms with Crippen LogP contribution in [0.1, 0.15) is 0 Å². The molecular formula is C41H22N4S. The van der Waals surface area contributed by atoms with Crippen LogP contribution in [0, 0.1) is 0 Å². The summed E-state index contributed by atoms with van der Waals surface area (Å²) in [5.74, 6) is 1.93. The van der Waals surface area contributed by atoms with Gasteiger partial charge in [-0.1, -0.05) is 109 Å². The standard InChI is InChI=1S/C41H22N4S/c1-3-10-24(11-4-1)39-42-40(25-12-5-2-6-13-25)44-41(43-39)45-30-17-9-16-28-29-22-26-14-7-8-15-27(26)38-35(29)37-32(46-38)21-19-23-18-20-31(45)36(33(23)37)34(28)30/h1-22H. The van der Waals surface area contributed by atoms with E-state index >= 15 is 0 Å². The summed E-state index contributed by atoms with van der Waals surface area (Å²) in [6.45, 7) is 0. The maximum atomic E-state index is 5.17. The molecule has 7 aromatic carbocycles. The van der Waals surface area contributed by atoms with Gasteiger partial charge >= 0.3 is 0 Å². The summed E-state index contributed by atoms with van der Waals surface area (Å²) in [6, 6.07) is 47.4. The summed E-state index contributed by atoms with van der Waals surface area (Å²) >= 11 is 1.91. The summed E-state index contributed by atoms with van der Waals surface area (Å²) in [5, 5.41) is 10.4. The molecule has 46 heavy (non-hydrogen) atoms. The average molecular weight is 603 g/mol. The summed E-state index contributed by atoms with van der Waals surface area (Å²) in [4.78, 5) is 15.3. The maximum absolute atomic E-state index is 5.17. The van der Waals surface area contributed by atoms with Crippen molar-refractivity contribution in [2.45, 2.75) is 0 Å². The zero-order valence-corrected chi connectivity index (χ0v) is 25.2. The molecule has 212 valence electrons. The fourth-order valence-corrected chi connectivity index (χ4v) is 8.88. The lowest BCUT2D eigenvalue weighted by Gasteiger charge is -2.12. The van der Waals surface area contributed by atoms with E-state index < -0.39 is 0 Å². The van der Waals surface area contributed by atoms with Gasteiger partial charge < -0.3 is 0 Å². The largest absolute Gasteiger partial charge is 0.278 e. The lowest BCUT2D eigenvalue weighted by Crippen LogP contribution is -2.06. The Morgan fingerprint density at radius 2 is 1.15 bits per heavy atom. The molecular weight excluding hydrogens is 581 g/mol. The van der Waals surface area contributed by atoms with Crippen LogP contribution in [0.4, 0.5) is 0 Å². The Morgan fingerprint density at radius 3 is 1.93 bits per heavy atom. The first-order chi connectivity index (χ1) is 22.8. The van der Waals surface area contributed by atoms with Crippen molar-refractivity contribution in [3.05, 3.63) is 133 Å². The van der Waals surface area contributed by atoms with Gasteiger partial charge in [-0.2, -0.15) is 9.97 Å². The molecule has 0 fully saturated rings. The van der Waals surface area contributed by atoms with Gasteiger partial charge in [-0.25, -0.2) is 4.98 Å². The van der Waals surface area contributed by atoms with Crippen molar-refractivity contribution in [1.29, 1.82) is 0 Å². The number of benzene rings is 7. The third-order valence-corrected chi connectivity index (χ3v) is 10.7. The molecule has 0 saturated carbocycles. The Morgan fingerprint density at radius 1 is 0.457 bits per heavy atom. The smallest absolute Gasteiger partial charge is 0.238 e. The second-order valence-electron chi connectivity index (χ2n) is 12.0. The number of hydrogen-bond donors (Lipinski definition) is 0. The van der Waals surface area contributed by atoms with Crippen LogP contribution >= 0.6 is 11.3 Å². The minimum atomic E-state index is 0.617. The number of nitrogens with zero attached hydrogens (tertiary/aromatic N) is 4. The van der Waals surface area contributed by atoms with Crippen LogP contribution in [-0.2, 0) is 0 Å². The molecule has 1 aliphatic rings. The number of aromatic nitrogens is 4. The first-order valence-corrected chi connectivity index (χ1v) is 16.3. The molecule has 0 bridgehead atoms. The number of thiophene rings is 1. The van der Waals surface area contributed by atoms with E-state index in [0.717, 1.165) is 22.2 Å². The molecule has 3 aromatic heterocycles. The second-order valence-corrected chi connectivity index (χ2v) is 13.0. The van der Waals surface area contributed by atoms with E-state index in [-0.39, 0.29) is 0 Å². The highest BCUT2D eigenvalue weighted by Gasteiger charge is 2.27. The van der Waals surface area contributed by atoms with E-state index in [9.17, 15) is 0 Å². The van der Waals surface area contributed by atoms with Crippen LogP contribution in [0.3, 0.4) is 0 Å². The van der Waals surface area contributed by atoms with Crippen LogP contribution in [0.2, 0.25) is 0 Å². The minimum Gasteiger partial charge on any atom is -0.278 e. The van der Waals surface area contributed by atoms with Crippen molar-refractivity contribution >= 4 is 74.9 Å². The van der Waals surface area contributed by atoms with E-state index in [1.54, 1.807) is 0 Å². The number of fused-ring (bicyclic) bond motifs is 3. The minimum absolute atomic E-state index is 0.617. The molecule has 0 radical (unpaired) electrons. The zero-order valence-electron chi connectivity index (χ0n) is 24.4. The first kappa shape index (κ1) is 24.4. The van der Waals surface area contributed by atoms with Crippen molar-refractivity contribution in [2.75, 3.05) is 0 Å². The van der Waals surface area contributed by atoms with Gasteiger partial charge in [0.15, 0.2) is 11.6 Å². The Hall–Kier alpha value is -5.91. The third-order valence-electron chi connectivity index (χ3n) is 9.54. The van der Waals surface area contributed by atoms with Crippen LogP contribution < -0.4 is 0 Å². The SMILES string of the molecule is c1ccc(-c2nc(-c3ccccc3)nc(-n3c4cccc5c4c4c6c(ccc7sc8c9ccccc9cc-5c8c76)ccc43)n2)cc1. The molecule has 3 heterocycles. The van der Waals surface area contributed by atoms with E-state index in [4.69, 9.17) is 15.0 Å². The first-order valence-electron chi connectivity index (χ1n) is 15.5. The molecule has 0 saturated heterocycles. The van der Waals surface area contributed by atoms with Gasteiger partial charge in [-0.05, 0) is 51.6 Å². The monoisotopic (exact) mass is 602 g/mol. The van der Waals surface area contributed by atoms with Crippen LogP contribution in [0.5, 0.6) is 0 Å². The maximum Gasteiger partial charge on any atom is 0.238 e. The van der Waals surface area contributed by atoms with Crippen molar-refractivity contribution in [3.63, 3.8) is 0 Å². The molecule has 0 aliphatic heterocycles. The molecule has 11 rings (SSSR count). The zero-order chi connectivity index (χ0) is 29.9. The molecule has 0 amide bonds. The molecule has 10 aromatic rings. The summed E-state index contributed by atoms with van der Waals surface area (Å²) in [6.07, 6.45) is 0. The van der Waals surface area contributed by atoms with Crippen LogP contribution in [0.25, 0.3) is 103 Å². The van der Waals surface area contributed by atoms with Crippen molar-refractivity contribution in [3.8, 4) is 39.9 Å². The van der Waals surface area contributed by atoms with Gasteiger partial charge in [-0.3, -0.25) is 4.57 Å². The van der Waals surface area contributed by atoms with Crippen LogP contribution in [0.15, 0.2) is 133 Å². The highest BCUT2D eigenvalue weighted by atomic mass is 32.1. The quantitative estimate of drug-likeness (QED) is 0.202. The van der Waals surface area contributed by atoms with Gasteiger partial charge in [0.2, 0.25) is 5.95 Å². The summed E-state index contributed by atoms with van der Waals surface area (Å²) < 4.78 is 4.93. The Kier molecular flexibility index (Phi) is 4.69. The third kappa shape index (κ3) is 3.14. The predicted octanol–water partition coefficient (Wildman–Crippen LogP) is 11.0. The predicted molar refractivity (Wildman–Crippen MR) is 192 cm³/mol. The lowest BCUT2D eigenvalue weighted by atomic mass is 9.95. The molecule has 4 nitrogen and oxygen atoms in total. The van der Waals surface area contributed by atoms with Gasteiger partial charge in [0.25, 0.3) is 0 Å². The van der Waals surface area contributed by atoms with Gasteiger partial charge in [0.1, 0.15) is 0 Å². The highest BCUT2D eigenvalue weighted by Crippen LogP contribution is 2.53. The summed E-state index contributed by atoms with van der Waals surface area (Å²) in [5.41, 5.74) is 6.65. The lowest BCUT2D eigenvalue weighted by molar-refractivity contribution is 0.953. The van der Waals surface area contributed by atoms with Crippen molar-refractivity contribution in [1.82, 2.24) is 19.5 Å². The highest BCUT2D eigenvalue weighted by molar-refractivity contribution is 7.27. The average Bonchev–Trinajstić information content (AvgIpc) is 3.65. The fraction of sp³-hybridized carbons (Fsp3) is 0. The molecule has 0 spiro atoms. The molecule has 1 aliphatic carbocycles. The number of hydrogen-bond acceptors (Lipinski definition) is 4. The topological polar surface area (TPSA) is 43.6 Å². The molecule has 0 atom stereocenters. The Balaban J connectivity index is 1.34. The van der Waals surface area contributed by atoms with E-state index in [1.165, 1.54) is 63.6 Å². The van der Waals surface area contributed by atoms with Gasteiger partial charge in [0, 0.05) is 47.5 Å². The second kappa shape index (κ2) is 8.84. The molecule has 5 heteroatoms. The van der Waals surface area contributed by atoms with Crippen molar-refractivity contribution < 1.29 is 0 Å². The Labute approximate surface area is 266 Å².